The van der Waals surface area contributed by atoms with Crippen LogP contribution in [0.1, 0.15) is 16.7 Å². The van der Waals surface area contributed by atoms with Crippen molar-refractivity contribution < 1.29 is 4.79 Å². The summed E-state index contributed by atoms with van der Waals surface area (Å²) in [5, 5.41) is 3.61. The summed E-state index contributed by atoms with van der Waals surface area (Å²) in [5.74, 6) is -0.166. The lowest BCUT2D eigenvalue weighted by atomic mass is 10.0. The topological polar surface area (TPSA) is 29.1 Å². The van der Waals surface area contributed by atoms with E-state index < -0.39 is 0 Å². The van der Waals surface area contributed by atoms with Gasteiger partial charge in [-0.2, -0.15) is 0 Å². The van der Waals surface area contributed by atoms with Crippen molar-refractivity contribution in [1.29, 1.82) is 0 Å². The van der Waals surface area contributed by atoms with Gasteiger partial charge in [-0.25, -0.2) is 0 Å². The van der Waals surface area contributed by atoms with Crippen LogP contribution in [0.5, 0.6) is 0 Å². The second kappa shape index (κ2) is 7.82. The van der Waals surface area contributed by atoms with Crippen molar-refractivity contribution in [3.05, 3.63) is 101 Å². The first-order valence-electron chi connectivity index (χ1n) is 8.04. The van der Waals surface area contributed by atoms with E-state index in [-0.39, 0.29) is 5.91 Å². The van der Waals surface area contributed by atoms with E-state index in [1.54, 1.807) is 0 Å². The van der Waals surface area contributed by atoms with Crippen molar-refractivity contribution in [2.24, 2.45) is 0 Å². The maximum atomic E-state index is 13.0. The minimum absolute atomic E-state index is 0.166. The Hall–Kier alpha value is -2.84. The molecule has 0 aliphatic rings. The Morgan fingerprint density at radius 3 is 2.24 bits per heavy atom. The van der Waals surface area contributed by atoms with E-state index in [0.29, 0.717) is 10.6 Å². The highest BCUT2D eigenvalue weighted by Crippen LogP contribution is 2.25. The summed E-state index contributed by atoms with van der Waals surface area (Å²) < 4.78 is 0. The third-order valence-electron chi connectivity index (χ3n) is 3.93. The molecule has 0 aromatic heterocycles. The lowest BCUT2D eigenvalue weighted by Gasteiger charge is -2.12. The van der Waals surface area contributed by atoms with Crippen LogP contribution < -0.4 is 5.32 Å². The molecule has 3 heteroatoms. The predicted molar refractivity (Wildman–Crippen MR) is 106 cm³/mol. The number of hydrogen-bond acceptors (Lipinski definition) is 1. The Balaban J connectivity index is 2.01. The monoisotopic (exact) mass is 347 g/mol. The van der Waals surface area contributed by atoms with Gasteiger partial charge in [0.25, 0.3) is 5.91 Å². The molecule has 3 aromatic rings. The second-order valence-electron chi connectivity index (χ2n) is 5.71. The van der Waals surface area contributed by atoms with E-state index in [9.17, 15) is 4.79 Å². The van der Waals surface area contributed by atoms with E-state index in [4.69, 9.17) is 11.6 Å². The summed E-state index contributed by atoms with van der Waals surface area (Å²) in [7, 11) is 0. The molecule has 3 aromatic carbocycles. The van der Waals surface area contributed by atoms with Crippen LogP contribution in [0.4, 0.5) is 5.69 Å². The second-order valence-corrected chi connectivity index (χ2v) is 6.12. The number of hydrogen-bond donors (Lipinski definition) is 1. The molecule has 0 saturated heterocycles. The number of nitrogens with one attached hydrogen (secondary N) is 1. The third-order valence-corrected chi connectivity index (χ3v) is 4.27. The van der Waals surface area contributed by atoms with Gasteiger partial charge in [0.1, 0.15) is 0 Å². The van der Waals surface area contributed by atoms with Gasteiger partial charge in [-0.15, -0.1) is 0 Å². The summed E-state index contributed by atoms with van der Waals surface area (Å²) >= 11 is 6.27. The van der Waals surface area contributed by atoms with Gasteiger partial charge in [-0.3, -0.25) is 4.79 Å². The maximum Gasteiger partial charge on any atom is 0.256 e. The van der Waals surface area contributed by atoms with Crippen LogP contribution in [0.3, 0.4) is 0 Å². The first-order valence-corrected chi connectivity index (χ1v) is 8.41. The molecule has 0 bridgehead atoms. The van der Waals surface area contributed by atoms with Crippen molar-refractivity contribution >= 4 is 34.8 Å². The zero-order valence-corrected chi connectivity index (χ0v) is 14.6. The number of carbonyl (C=O) groups is 1. The molecule has 1 N–H and O–H groups in total. The van der Waals surface area contributed by atoms with Gasteiger partial charge in [-0.05, 0) is 41.8 Å². The smallest absolute Gasteiger partial charge is 0.256 e. The van der Waals surface area contributed by atoms with Crippen molar-refractivity contribution in [2.75, 3.05) is 5.32 Å². The molecule has 124 valence electrons. The molecule has 0 aliphatic heterocycles. The van der Waals surface area contributed by atoms with E-state index in [0.717, 1.165) is 22.4 Å². The molecule has 0 radical (unpaired) electrons. The number of benzene rings is 3. The molecule has 0 heterocycles. The standard InChI is InChI=1S/C22H18ClNO/c1-16-9-5-8-14-21(16)24-22(25)19(17-10-3-2-4-11-17)15-18-12-6-7-13-20(18)23/h2-15H,1H3,(H,24,25). The number of amides is 1. The molecule has 0 unspecified atom stereocenters. The van der Waals surface area contributed by atoms with Crippen LogP contribution in [0.15, 0.2) is 78.9 Å². The van der Waals surface area contributed by atoms with Gasteiger partial charge in [0.15, 0.2) is 0 Å². The maximum absolute atomic E-state index is 13.0. The first-order chi connectivity index (χ1) is 12.1. The number of rotatable bonds is 4. The molecule has 0 spiro atoms. The molecular formula is C22H18ClNO. The number of anilines is 1. The molecular weight excluding hydrogens is 330 g/mol. The lowest BCUT2D eigenvalue weighted by Crippen LogP contribution is -2.14. The van der Waals surface area contributed by atoms with Gasteiger partial charge in [0, 0.05) is 16.3 Å². The van der Waals surface area contributed by atoms with Crippen LogP contribution in [0.25, 0.3) is 11.6 Å². The van der Waals surface area contributed by atoms with E-state index in [1.807, 2.05) is 91.9 Å². The average molecular weight is 348 g/mol. The Morgan fingerprint density at radius 1 is 0.880 bits per heavy atom. The zero-order valence-electron chi connectivity index (χ0n) is 13.9. The van der Waals surface area contributed by atoms with Crippen molar-refractivity contribution in [2.45, 2.75) is 6.92 Å². The molecule has 2 nitrogen and oxygen atoms in total. The Bertz CT molecular complexity index is 916. The molecule has 0 saturated carbocycles. The highest BCUT2D eigenvalue weighted by atomic mass is 35.5. The highest BCUT2D eigenvalue weighted by Gasteiger charge is 2.14. The van der Waals surface area contributed by atoms with Crippen molar-refractivity contribution in [3.8, 4) is 0 Å². The minimum Gasteiger partial charge on any atom is -0.322 e. The SMILES string of the molecule is Cc1ccccc1NC(=O)C(=Cc1ccccc1Cl)c1ccccc1. The summed E-state index contributed by atoms with van der Waals surface area (Å²) in [6.07, 6.45) is 1.82. The van der Waals surface area contributed by atoms with Gasteiger partial charge in [-0.1, -0.05) is 78.3 Å². The Morgan fingerprint density at radius 2 is 1.52 bits per heavy atom. The molecule has 0 aliphatic carbocycles. The quantitative estimate of drug-likeness (QED) is 0.467. The van der Waals surface area contributed by atoms with E-state index in [1.165, 1.54) is 0 Å². The normalized spacial score (nSPS) is 11.2. The van der Waals surface area contributed by atoms with Crippen LogP contribution in [-0.2, 0) is 4.79 Å². The Labute approximate surface area is 152 Å². The largest absolute Gasteiger partial charge is 0.322 e. The highest BCUT2D eigenvalue weighted by molar-refractivity contribution is 6.34. The Kier molecular flexibility index (Phi) is 5.32. The summed E-state index contributed by atoms with van der Waals surface area (Å²) in [6, 6.07) is 24.8. The van der Waals surface area contributed by atoms with Gasteiger partial charge in [0.2, 0.25) is 0 Å². The molecule has 25 heavy (non-hydrogen) atoms. The number of carbonyl (C=O) groups excluding carboxylic acids is 1. The van der Waals surface area contributed by atoms with E-state index in [2.05, 4.69) is 5.32 Å². The fourth-order valence-corrected chi connectivity index (χ4v) is 2.74. The predicted octanol–water partition coefficient (Wildman–Crippen LogP) is 5.83. The number of para-hydroxylation sites is 1. The summed E-state index contributed by atoms with van der Waals surface area (Å²) in [4.78, 5) is 13.0. The average Bonchev–Trinajstić information content (AvgIpc) is 2.63. The van der Waals surface area contributed by atoms with Crippen molar-refractivity contribution in [1.82, 2.24) is 0 Å². The molecule has 0 atom stereocenters. The van der Waals surface area contributed by atoms with Gasteiger partial charge in [0.05, 0.1) is 0 Å². The van der Waals surface area contributed by atoms with Crippen LogP contribution in [0, 0.1) is 6.92 Å². The van der Waals surface area contributed by atoms with Gasteiger partial charge < -0.3 is 5.32 Å². The summed E-state index contributed by atoms with van der Waals surface area (Å²) in [5.41, 5.74) is 4.03. The zero-order chi connectivity index (χ0) is 17.6. The van der Waals surface area contributed by atoms with Crippen molar-refractivity contribution in [3.63, 3.8) is 0 Å². The fraction of sp³-hybridized carbons (Fsp3) is 0.0455. The van der Waals surface area contributed by atoms with E-state index >= 15 is 0 Å². The third kappa shape index (κ3) is 4.17. The first kappa shape index (κ1) is 17.0. The van der Waals surface area contributed by atoms with Crippen LogP contribution in [0.2, 0.25) is 5.02 Å². The number of aryl methyl sites for hydroxylation is 1. The summed E-state index contributed by atoms with van der Waals surface area (Å²) in [6.45, 7) is 1.97. The molecule has 3 rings (SSSR count). The fourth-order valence-electron chi connectivity index (χ4n) is 2.55. The van der Waals surface area contributed by atoms with Crippen LogP contribution in [-0.4, -0.2) is 5.91 Å². The lowest BCUT2D eigenvalue weighted by molar-refractivity contribution is -0.111. The molecule has 0 fully saturated rings. The minimum atomic E-state index is -0.166. The van der Waals surface area contributed by atoms with Gasteiger partial charge >= 0.3 is 0 Å². The molecule has 1 amide bonds. The van der Waals surface area contributed by atoms with Crippen LogP contribution >= 0.6 is 11.6 Å². The number of halogens is 1.